The van der Waals surface area contributed by atoms with Gasteiger partial charge in [0.2, 0.25) is 11.5 Å². The molecule has 20 heteroatoms. The van der Waals surface area contributed by atoms with Crippen LogP contribution in [0.2, 0.25) is 0 Å². The molecule has 2 aliphatic heterocycles. The third-order valence-electron chi connectivity index (χ3n) is 5.19. The molecule has 4 rings (SSSR count). The van der Waals surface area contributed by atoms with Gasteiger partial charge >= 0.3 is 12.1 Å². The maximum atomic E-state index is 13.0. The van der Waals surface area contributed by atoms with Gasteiger partial charge in [-0.3, -0.25) is 14.5 Å². The number of nitrogens with zero attached hydrogens (tertiary/aromatic N) is 6. The quantitative estimate of drug-likeness (QED) is 0.122. The first-order valence-corrected chi connectivity index (χ1v) is 15.3. The molecule has 1 fully saturated rings. The number of anilines is 1. The molecule has 2 aliphatic rings. The first-order valence-electron chi connectivity index (χ1n) is 11.7. The van der Waals surface area contributed by atoms with Crippen LogP contribution in [-0.2, 0) is 30.5 Å². The number of oxime groups is 1. The van der Waals surface area contributed by atoms with E-state index in [2.05, 4.69) is 35.3 Å². The van der Waals surface area contributed by atoms with Gasteiger partial charge in [0.15, 0.2) is 9.47 Å². The number of carbonyl (C=O) groups is 4. The molecule has 2 atom stereocenters. The van der Waals surface area contributed by atoms with E-state index in [1.165, 1.54) is 46.9 Å². The zero-order valence-electron chi connectivity index (χ0n) is 22.1. The van der Waals surface area contributed by atoms with Gasteiger partial charge in [0.25, 0.3) is 11.8 Å². The maximum absolute atomic E-state index is 13.0. The fourth-order valence-corrected chi connectivity index (χ4v) is 7.34. The third kappa shape index (κ3) is 7.24. The monoisotopic (exact) mass is 643 g/mol. The van der Waals surface area contributed by atoms with Crippen LogP contribution in [0.1, 0.15) is 31.6 Å². The molecule has 0 bridgehead atoms. The smallest absolute Gasteiger partial charge is 0.408 e. The highest BCUT2D eigenvalue weighted by molar-refractivity contribution is 8.01. The summed E-state index contributed by atoms with van der Waals surface area (Å²) in [6.45, 7) is 5.41. The van der Waals surface area contributed by atoms with Gasteiger partial charge in [-0.05, 0) is 26.3 Å². The van der Waals surface area contributed by atoms with Gasteiger partial charge in [-0.15, -0.1) is 22.0 Å². The van der Waals surface area contributed by atoms with Crippen molar-refractivity contribution in [1.82, 2.24) is 35.1 Å². The Labute approximate surface area is 249 Å². The number of ether oxygens (including phenoxy) is 1. The summed E-state index contributed by atoms with van der Waals surface area (Å²) in [4.78, 5) is 59.7. The molecule has 3 amide bonds. The zero-order valence-corrected chi connectivity index (χ0v) is 25.3. The number of thioether (sulfide) groups is 2. The van der Waals surface area contributed by atoms with Crippen LogP contribution < -0.4 is 16.4 Å². The Morgan fingerprint density at radius 2 is 2.05 bits per heavy atom. The number of fused-ring (bicyclic) bond motifs is 1. The van der Waals surface area contributed by atoms with Crippen molar-refractivity contribution in [3.8, 4) is 0 Å². The molecular formula is C21H25N9O7S4. The maximum Gasteiger partial charge on any atom is 0.408 e. The number of hydrogen-bond donors (Lipinski definition) is 4. The van der Waals surface area contributed by atoms with E-state index in [1.54, 1.807) is 20.8 Å². The van der Waals surface area contributed by atoms with Crippen LogP contribution in [0.5, 0.6) is 0 Å². The normalized spacial score (nSPS) is 18.9. The van der Waals surface area contributed by atoms with Crippen molar-refractivity contribution in [2.45, 2.75) is 48.7 Å². The molecule has 0 aliphatic carbocycles. The molecule has 1 unspecified atom stereocenters. The number of nitrogen functional groups attached to an aromatic ring is 1. The number of carboxylic acid groups (broad SMARTS) is 1. The van der Waals surface area contributed by atoms with E-state index < -0.39 is 40.9 Å². The van der Waals surface area contributed by atoms with Gasteiger partial charge in [0.05, 0.1) is 6.54 Å². The number of β-lactam (4-membered cyclic amide) rings is 1. The van der Waals surface area contributed by atoms with Gasteiger partial charge in [-0.1, -0.05) is 28.3 Å². The van der Waals surface area contributed by atoms with E-state index in [-0.39, 0.29) is 34.7 Å². The minimum atomic E-state index is -1.26. The van der Waals surface area contributed by atoms with Crippen molar-refractivity contribution in [1.29, 1.82) is 0 Å². The number of carbonyl (C=O) groups excluding carboxylic acids is 3. The minimum Gasteiger partial charge on any atom is -0.477 e. The molecule has 220 valence electrons. The van der Waals surface area contributed by atoms with Gasteiger partial charge in [0, 0.05) is 23.0 Å². The summed E-state index contributed by atoms with van der Waals surface area (Å²) in [6, 6.07) is -0.989. The average molecular weight is 644 g/mol. The lowest BCUT2D eigenvalue weighted by atomic mass is 10.0. The summed E-state index contributed by atoms with van der Waals surface area (Å²) in [7, 11) is 1.24. The molecule has 2 aromatic rings. The topological polar surface area (TPSA) is 224 Å². The van der Waals surface area contributed by atoms with E-state index in [9.17, 15) is 24.3 Å². The van der Waals surface area contributed by atoms with E-state index in [4.69, 9.17) is 15.3 Å². The summed E-state index contributed by atoms with van der Waals surface area (Å²) < 4.78 is 9.70. The first-order chi connectivity index (χ1) is 19.4. The molecule has 16 nitrogen and oxygen atoms in total. The second kappa shape index (κ2) is 12.6. The summed E-state index contributed by atoms with van der Waals surface area (Å²) in [6.07, 6.45) is -0.577. The molecule has 0 saturated carbocycles. The predicted octanol–water partition coefficient (Wildman–Crippen LogP) is 0.878. The molecule has 0 spiro atoms. The van der Waals surface area contributed by atoms with Crippen LogP contribution in [0.15, 0.2) is 20.8 Å². The van der Waals surface area contributed by atoms with Gasteiger partial charge in [0.1, 0.15) is 34.8 Å². The standard InChI is InChI=1S/C21H25N9O7S4/c1-21(2,3)37-19(35)23-5-9-26-27-20(40-9)39-7-8-6-38-16-11(15(32)30(16)12(8)17(33)34)24-14(31)10(28-36-4)13-25-18(22)41-29-13/h11,16H,5-7H2,1-4H3,(H,23,35)(H,24,31)(H,33,34)(H2,22,25,29)/t11?,16-/m0/s1. The molecule has 5 N–H and O–H groups in total. The predicted molar refractivity (Wildman–Crippen MR) is 151 cm³/mol. The molecule has 4 heterocycles. The Bertz CT molecular complexity index is 1420. The number of rotatable bonds is 10. The Hall–Kier alpha value is -3.49. The Morgan fingerprint density at radius 1 is 1.29 bits per heavy atom. The highest BCUT2D eigenvalue weighted by Crippen LogP contribution is 2.41. The zero-order chi connectivity index (χ0) is 29.9. The fraction of sp³-hybridized carbons (Fsp3) is 0.476. The van der Waals surface area contributed by atoms with E-state index in [1.807, 2.05) is 0 Å². The number of nitrogens with one attached hydrogen (secondary N) is 2. The lowest BCUT2D eigenvalue weighted by molar-refractivity contribution is -0.150. The van der Waals surface area contributed by atoms with Crippen LogP contribution in [0.4, 0.5) is 9.93 Å². The number of amides is 3. The van der Waals surface area contributed by atoms with Crippen LogP contribution in [0.25, 0.3) is 0 Å². The van der Waals surface area contributed by atoms with Crippen molar-refractivity contribution >= 4 is 81.1 Å². The summed E-state index contributed by atoms with van der Waals surface area (Å²) in [5, 5.41) is 26.9. The van der Waals surface area contributed by atoms with E-state index in [0.29, 0.717) is 20.7 Å². The minimum absolute atomic E-state index is 0.0577. The van der Waals surface area contributed by atoms with Gasteiger partial charge in [-0.25, -0.2) is 9.59 Å². The number of nitrogens with two attached hydrogens (primary N) is 1. The number of hydrogen-bond acceptors (Lipinski definition) is 16. The van der Waals surface area contributed by atoms with Crippen LogP contribution in [0.3, 0.4) is 0 Å². The summed E-state index contributed by atoms with van der Waals surface area (Å²) >= 11 is 4.70. The van der Waals surface area contributed by atoms with E-state index >= 15 is 0 Å². The highest BCUT2D eigenvalue weighted by atomic mass is 32.2. The van der Waals surface area contributed by atoms with Crippen molar-refractivity contribution in [3.63, 3.8) is 0 Å². The Kier molecular flexibility index (Phi) is 9.34. The SMILES string of the molecule is CON=C(C(=O)NC1C(=O)N2C(C(=O)O)=C(CSc3nnc(CNC(=O)OC(C)(C)C)s3)CS[C@@H]12)c1nsc(N)n1. The van der Waals surface area contributed by atoms with Crippen LogP contribution in [0, 0.1) is 0 Å². The number of carboxylic acids is 1. The summed E-state index contributed by atoms with van der Waals surface area (Å²) in [5.41, 5.74) is 5.08. The van der Waals surface area contributed by atoms with Gasteiger partial charge < -0.3 is 31.0 Å². The molecule has 0 aromatic carbocycles. The average Bonchev–Trinajstić information content (AvgIpc) is 3.54. The van der Waals surface area contributed by atoms with Crippen LogP contribution in [-0.4, -0.2) is 94.8 Å². The first kappa shape index (κ1) is 30.5. The number of alkyl carbamates (subject to hydrolysis) is 1. The lowest BCUT2D eigenvalue weighted by Gasteiger charge is -2.49. The second-order valence-corrected chi connectivity index (χ2v) is 13.5. The highest BCUT2D eigenvalue weighted by Gasteiger charge is 2.54. The second-order valence-electron chi connectivity index (χ2n) is 9.30. The van der Waals surface area contributed by atoms with Crippen molar-refractivity contribution in [2.75, 3.05) is 24.3 Å². The Balaban J connectivity index is 1.38. The van der Waals surface area contributed by atoms with Crippen molar-refractivity contribution in [2.24, 2.45) is 5.16 Å². The Morgan fingerprint density at radius 3 is 2.68 bits per heavy atom. The summed E-state index contributed by atoms with van der Waals surface area (Å²) in [5.74, 6) is -2.10. The third-order valence-corrected chi connectivity index (χ3v) is 9.21. The molecule has 0 radical (unpaired) electrons. The number of aromatic nitrogens is 4. The van der Waals surface area contributed by atoms with Gasteiger partial charge in [-0.2, -0.15) is 9.36 Å². The fourth-order valence-electron chi connectivity index (χ4n) is 3.59. The molecule has 2 aromatic heterocycles. The van der Waals surface area contributed by atoms with Crippen molar-refractivity contribution in [3.05, 3.63) is 22.1 Å². The molecule has 41 heavy (non-hydrogen) atoms. The molecule has 1 saturated heterocycles. The lowest BCUT2D eigenvalue weighted by Crippen LogP contribution is -2.71. The number of aliphatic carboxylic acids is 1. The largest absolute Gasteiger partial charge is 0.477 e. The van der Waals surface area contributed by atoms with Crippen LogP contribution >= 0.6 is 46.4 Å². The van der Waals surface area contributed by atoms with E-state index in [0.717, 1.165) is 11.5 Å². The molecular weight excluding hydrogens is 619 g/mol. The van der Waals surface area contributed by atoms with Crippen molar-refractivity contribution < 1.29 is 33.9 Å².